The SMILES string of the molecule is O=C1C(Br)CCN1c1ccc(OC(F)F)cc1. The highest BCUT2D eigenvalue weighted by molar-refractivity contribution is 9.10. The van der Waals surface area contributed by atoms with E-state index in [0.717, 1.165) is 6.42 Å². The van der Waals surface area contributed by atoms with Crippen LogP contribution < -0.4 is 9.64 Å². The van der Waals surface area contributed by atoms with E-state index < -0.39 is 6.61 Å². The molecule has 0 aliphatic carbocycles. The number of nitrogens with zero attached hydrogens (tertiary/aromatic N) is 1. The molecule has 2 rings (SSSR count). The minimum atomic E-state index is -2.83. The first-order valence-electron chi connectivity index (χ1n) is 5.08. The van der Waals surface area contributed by atoms with Gasteiger partial charge in [0.1, 0.15) is 5.75 Å². The molecule has 1 saturated heterocycles. The van der Waals surface area contributed by atoms with Crippen LogP contribution in [0.2, 0.25) is 0 Å². The Bertz CT molecular complexity index is 410. The molecule has 92 valence electrons. The van der Waals surface area contributed by atoms with Crippen molar-refractivity contribution < 1.29 is 18.3 Å². The van der Waals surface area contributed by atoms with Crippen LogP contribution in [0.3, 0.4) is 0 Å². The number of ether oxygens (including phenoxy) is 1. The molecule has 17 heavy (non-hydrogen) atoms. The smallest absolute Gasteiger partial charge is 0.387 e. The van der Waals surface area contributed by atoms with E-state index in [0.29, 0.717) is 12.2 Å². The fourth-order valence-electron chi connectivity index (χ4n) is 1.71. The molecule has 1 atom stereocenters. The summed E-state index contributed by atoms with van der Waals surface area (Å²) in [4.78, 5) is 13.2. The predicted molar refractivity (Wildman–Crippen MR) is 62.8 cm³/mol. The van der Waals surface area contributed by atoms with E-state index in [-0.39, 0.29) is 16.5 Å². The van der Waals surface area contributed by atoms with E-state index in [4.69, 9.17) is 0 Å². The lowest BCUT2D eigenvalue weighted by Gasteiger charge is -2.16. The molecule has 1 heterocycles. The minimum absolute atomic E-state index is 0.00692. The molecule has 1 amide bonds. The number of halogens is 3. The van der Waals surface area contributed by atoms with Gasteiger partial charge in [-0.2, -0.15) is 8.78 Å². The average Bonchev–Trinajstić information content (AvgIpc) is 2.60. The molecule has 6 heteroatoms. The largest absolute Gasteiger partial charge is 0.435 e. The van der Waals surface area contributed by atoms with Gasteiger partial charge in [0.25, 0.3) is 0 Å². The van der Waals surface area contributed by atoms with E-state index in [1.165, 1.54) is 12.1 Å². The van der Waals surface area contributed by atoms with E-state index in [1.54, 1.807) is 17.0 Å². The highest BCUT2D eigenvalue weighted by Gasteiger charge is 2.30. The minimum Gasteiger partial charge on any atom is -0.435 e. The van der Waals surface area contributed by atoms with Crippen molar-refractivity contribution >= 4 is 27.5 Å². The first-order chi connectivity index (χ1) is 8.08. The third-order valence-electron chi connectivity index (χ3n) is 2.51. The van der Waals surface area contributed by atoms with Crippen LogP contribution >= 0.6 is 15.9 Å². The fourth-order valence-corrected chi connectivity index (χ4v) is 2.16. The van der Waals surface area contributed by atoms with Gasteiger partial charge in [0.2, 0.25) is 5.91 Å². The maximum Gasteiger partial charge on any atom is 0.387 e. The number of benzene rings is 1. The van der Waals surface area contributed by atoms with Crippen LogP contribution in [0.4, 0.5) is 14.5 Å². The number of hydrogen-bond acceptors (Lipinski definition) is 2. The molecular formula is C11H10BrF2NO2. The highest BCUT2D eigenvalue weighted by atomic mass is 79.9. The Morgan fingerprint density at radius 3 is 2.47 bits per heavy atom. The summed E-state index contributed by atoms with van der Waals surface area (Å²) in [6.45, 7) is -2.20. The Morgan fingerprint density at radius 2 is 2.00 bits per heavy atom. The van der Waals surface area contributed by atoms with Crippen LogP contribution in [0.1, 0.15) is 6.42 Å². The maximum atomic E-state index is 11.9. The Balaban J connectivity index is 2.10. The second kappa shape index (κ2) is 5.00. The zero-order valence-electron chi connectivity index (χ0n) is 8.78. The van der Waals surface area contributed by atoms with Crippen molar-refractivity contribution in [2.75, 3.05) is 11.4 Å². The highest BCUT2D eigenvalue weighted by Crippen LogP contribution is 2.27. The lowest BCUT2D eigenvalue weighted by Crippen LogP contribution is -2.26. The van der Waals surface area contributed by atoms with Crippen LogP contribution in [0, 0.1) is 0 Å². The van der Waals surface area contributed by atoms with Gasteiger partial charge < -0.3 is 9.64 Å². The summed E-state index contributed by atoms with van der Waals surface area (Å²) in [7, 11) is 0. The van der Waals surface area contributed by atoms with Crippen molar-refractivity contribution in [3.63, 3.8) is 0 Å². The summed E-state index contributed by atoms with van der Waals surface area (Å²) in [6, 6.07) is 6.05. The van der Waals surface area contributed by atoms with Gasteiger partial charge in [-0.15, -0.1) is 0 Å². The number of carbonyl (C=O) groups excluding carboxylic acids is 1. The Labute approximate surface area is 105 Å². The van der Waals surface area contributed by atoms with Crippen molar-refractivity contribution in [3.05, 3.63) is 24.3 Å². The number of rotatable bonds is 3. The van der Waals surface area contributed by atoms with Gasteiger partial charge >= 0.3 is 6.61 Å². The van der Waals surface area contributed by atoms with E-state index in [1.807, 2.05) is 0 Å². The summed E-state index contributed by atoms with van der Waals surface area (Å²) in [5.41, 5.74) is 0.693. The number of alkyl halides is 3. The first kappa shape index (κ1) is 12.3. The second-order valence-corrected chi connectivity index (χ2v) is 4.72. The third kappa shape index (κ3) is 2.74. The predicted octanol–water partition coefficient (Wildman–Crippen LogP) is 2.79. The van der Waals surface area contributed by atoms with Gasteiger partial charge in [-0.05, 0) is 30.7 Å². The van der Waals surface area contributed by atoms with Crippen molar-refractivity contribution in [1.29, 1.82) is 0 Å². The molecule has 1 aromatic rings. The van der Waals surface area contributed by atoms with Gasteiger partial charge in [-0.25, -0.2) is 0 Å². The summed E-state index contributed by atoms with van der Waals surface area (Å²) in [5, 5.41) is 0. The van der Waals surface area contributed by atoms with Crippen molar-refractivity contribution in [2.45, 2.75) is 17.9 Å². The van der Waals surface area contributed by atoms with Crippen molar-refractivity contribution in [3.8, 4) is 5.75 Å². The standard InChI is InChI=1S/C11H10BrF2NO2/c12-9-5-6-15(10(9)16)7-1-3-8(4-2-7)17-11(13)14/h1-4,9,11H,5-6H2. The molecule has 1 aromatic carbocycles. The van der Waals surface area contributed by atoms with Gasteiger partial charge in [-0.3, -0.25) is 4.79 Å². The summed E-state index contributed by atoms with van der Waals surface area (Å²) < 4.78 is 28.1. The molecule has 1 aliphatic heterocycles. The van der Waals surface area contributed by atoms with Gasteiger partial charge in [0.05, 0.1) is 4.83 Å². The third-order valence-corrected chi connectivity index (χ3v) is 3.36. The molecular weight excluding hydrogens is 296 g/mol. The summed E-state index contributed by atoms with van der Waals surface area (Å²) >= 11 is 3.27. The van der Waals surface area contributed by atoms with Crippen LogP contribution in [0.5, 0.6) is 5.75 Å². The second-order valence-electron chi connectivity index (χ2n) is 3.62. The van der Waals surface area contributed by atoms with Gasteiger partial charge in [0, 0.05) is 12.2 Å². The number of carbonyl (C=O) groups is 1. The summed E-state index contributed by atoms with van der Waals surface area (Å²) in [6.07, 6.45) is 0.744. The lowest BCUT2D eigenvalue weighted by molar-refractivity contribution is -0.116. The maximum absolute atomic E-state index is 11.9. The zero-order chi connectivity index (χ0) is 12.4. The Hall–Kier alpha value is -1.17. The van der Waals surface area contributed by atoms with Crippen LogP contribution in [0.25, 0.3) is 0 Å². The molecule has 0 N–H and O–H groups in total. The first-order valence-corrected chi connectivity index (χ1v) is 6.00. The van der Waals surface area contributed by atoms with Gasteiger partial charge in [0.15, 0.2) is 0 Å². The van der Waals surface area contributed by atoms with Crippen LogP contribution in [0.15, 0.2) is 24.3 Å². The van der Waals surface area contributed by atoms with E-state index in [2.05, 4.69) is 20.7 Å². The Kier molecular flexibility index (Phi) is 3.61. The average molecular weight is 306 g/mol. The normalized spacial score (nSPS) is 20.1. The van der Waals surface area contributed by atoms with Crippen LogP contribution in [-0.2, 0) is 4.79 Å². The Morgan fingerprint density at radius 1 is 1.35 bits per heavy atom. The molecule has 3 nitrogen and oxygen atoms in total. The summed E-state index contributed by atoms with van der Waals surface area (Å²) in [5.74, 6) is 0.0818. The lowest BCUT2D eigenvalue weighted by atomic mass is 10.3. The molecule has 0 radical (unpaired) electrons. The molecule has 1 aliphatic rings. The van der Waals surface area contributed by atoms with Gasteiger partial charge in [-0.1, -0.05) is 15.9 Å². The number of amides is 1. The number of anilines is 1. The molecule has 1 fully saturated rings. The number of hydrogen-bond donors (Lipinski definition) is 0. The van der Waals surface area contributed by atoms with Crippen LogP contribution in [-0.4, -0.2) is 23.9 Å². The fraction of sp³-hybridized carbons (Fsp3) is 0.364. The van der Waals surface area contributed by atoms with E-state index >= 15 is 0 Å². The van der Waals surface area contributed by atoms with Crippen molar-refractivity contribution in [2.24, 2.45) is 0 Å². The topological polar surface area (TPSA) is 29.5 Å². The molecule has 0 bridgehead atoms. The zero-order valence-corrected chi connectivity index (χ0v) is 10.4. The van der Waals surface area contributed by atoms with E-state index in [9.17, 15) is 13.6 Å². The molecule has 1 unspecified atom stereocenters. The van der Waals surface area contributed by atoms with Crippen molar-refractivity contribution in [1.82, 2.24) is 0 Å². The molecule has 0 spiro atoms. The quantitative estimate of drug-likeness (QED) is 0.804. The molecule has 0 saturated carbocycles. The molecule has 0 aromatic heterocycles. The monoisotopic (exact) mass is 305 g/mol.